The zero-order valence-corrected chi connectivity index (χ0v) is 12.8. The Balaban J connectivity index is 2.43. The van der Waals surface area contributed by atoms with Gasteiger partial charge in [-0.1, -0.05) is 11.6 Å². The van der Waals surface area contributed by atoms with Crippen molar-refractivity contribution >= 4 is 34.5 Å². The van der Waals surface area contributed by atoms with Crippen molar-refractivity contribution in [1.82, 2.24) is 0 Å². The van der Waals surface area contributed by atoms with Crippen molar-refractivity contribution < 1.29 is 4.79 Å². The molecule has 20 heavy (non-hydrogen) atoms. The zero-order valence-electron chi connectivity index (χ0n) is 12.1. The standard InChI is InChI=1S/C16H17ClN2O/c1-10-7-13(20)8-11(2)16(10)18-15-6-5-12(19(3)4)9-14(15)17/h5-9H,1-4H3. The summed E-state index contributed by atoms with van der Waals surface area (Å²) in [5.74, 6) is 0.00741. The summed E-state index contributed by atoms with van der Waals surface area (Å²) in [6.45, 7) is 3.77. The van der Waals surface area contributed by atoms with Crippen molar-refractivity contribution in [2.75, 3.05) is 19.0 Å². The Morgan fingerprint density at radius 1 is 1.10 bits per heavy atom. The molecule has 0 heterocycles. The number of benzene rings is 1. The molecule has 0 unspecified atom stereocenters. The van der Waals surface area contributed by atoms with E-state index < -0.39 is 0 Å². The van der Waals surface area contributed by atoms with Gasteiger partial charge in [-0.3, -0.25) is 4.79 Å². The molecule has 2 rings (SSSR count). The van der Waals surface area contributed by atoms with Gasteiger partial charge < -0.3 is 4.90 Å². The number of hydrogen-bond donors (Lipinski definition) is 0. The Kier molecular flexibility index (Phi) is 4.09. The minimum atomic E-state index is 0.00741. The molecule has 3 nitrogen and oxygen atoms in total. The molecule has 0 atom stereocenters. The Labute approximate surface area is 124 Å². The maximum absolute atomic E-state index is 11.4. The molecule has 1 aliphatic carbocycles. The Morgan fingerprint density at radius 2 is 1.70 bits per heavy atom. The number of rotatable bonds is 2. The maximum atomic E-state index is 11.4. The van der Waals surface area contributed by atoms with Crippen LogP contribution in [0.4, 0.5) is 11.4 Å². The van der Waals surface area contributed by atoms with Crippen LogP contribution in [0.1, 0.15) is 13.8 Å². The van der Waals surface area contributed by atoms with Gasteiger partial charge in [0, 0.05) is 19.8 Å². The molecule has 0 fully saturated rings. The average molecular weight is 289 g/mol. The fourth-order valence-corrected chi connectivity index (χ4v) is 2.29. The van der Waals surface area contributed by atoms with E-state index >= 15 is 0 Å². The predicted molar refractivity (Wildman–Crippen MR) is 85.4 cm³/mol. The molecule has 0 bridgehead atoms. The Morgan fingerprint density at radius 3 is 2.20 bits per heavy atom. The van der Waals surface area contributed by atoms with Crippen molar-refractivity contribution in [3.8, 4) is 0 Å². The molecule has 0 aliphatic heterocycles. The van der Waals surface area contributed by atoms with Gasteiger partial charge in [0.1, 0.15) is 0 Å². The summed E-state index contributed by atoms with van der Waals surface area (Å²) < 4.78 is 0. The first-order valence-corrected chi connectivity index (χ1v) is 6.73. The first kappa shape index (κ1) is 14.5. The van der Waals surface area contributed by atoms with Crippen LogP contribution in [0.15, 0.2) is 46.5 Å². The molecular formula is C16H17ClN2O. The second kappa shape index (κ2) is 5.63. The lowest BCUT2D eigenvalue weighted by Gasteiger charge is -2.15. The van der Waals surface area contributed by atoms with Crippen molar-refractivity contribution in [1.29, 1.82) is 0 Å². The lowest BCUT2D eigenvalue weighted by atomic mass is 9.97. The minimum absolute atomic E-state index is 0.00741. The molecule has 0 N–H and O–H groups in total. The molecule has 1 aromatic rings. The van der Waals surface area contributed by atoms with E-state index in [1.54, 1.807) is 12.2 Å². The third kappa shape index (κ3) is 2.99. The van der Waals surface area contributed by atoms with Gasteiger partial charge in [0.25, 0.3) is 0 Å². The van der Waals surface area contributed by atoms with Gasteiger partial charge in [-0.15, -0.1) is 0 Å². The molecule has 104 valence electrons. The lowest BCUT2D eigenvalue weighted by Crippen LogP contribution is -2.11. The first-order valence-electron chi connectivity index (χ1n) is 6.35. The fourth-order valence-electron chi connectivity index (χ4n) is 2.08. The topological polar surface area (TPSA) is 32.7 Å². The third-order valence-corrected chi connectivity index (χ3v) is 3.45. The highest BCUT2D eigenvalue weighted by Crippen LogP contribution is 2.30. The summed E-state index contributed by atoms with van der Waals surface area (Å²) in [6.07, 6.45) is 3.18. The van der Waals surface area contributed by atoms with Gasteiger partial charge in [-0.2, -0.15) is 0 Å². The number of nitrogens with zero attached hydrogens (tertiary/aromatic N) is 2. The number of anilines is 1. The second-order valence-corrected chi connectivity index (χ2v) is 5.45. The molecule has 0 aromatic heterocycles. The van der Waals surface area contributed by atoms with Crippen LogP contribution in [0.5, 0.6) is 0 Å². The zero-order chi connectivity index (χ0) is 14.9. The van der Waals surface area contributed by atoms with Crippen molar-refractivity contribution in [2.45, 2.75) is 13.8 Å². The Bertz CT molecular complexity index is 630. The van der Waals surface area contributed by atoms with E-state index in [-0.39, 0.29) is 5.78 Å². The molecule has 0 spiro atoms. The number of aliphatic imine (C=N–C) groups is 1. The van der Waals surface area contributed by atoms with E-state index in [1.165, 1.54) is 0 Å². The van der Waals surface area contributed by atoms with E-state index in [1.807, 2.05) is 51.0 Å². The Hall–Kier alpha value is -1.87. The van der Waals surface area contributed by atoms with Crippen LogP contribution in [-0.2, 0) is 4.79 Å². The van der Waals surface area contributed by atoms with Crippen LogP contribution in [0.3, 0.4) is 0 Å². The van der Waals surface area contributed by atoms with Crippen LogP contribution in [-0.4, -0.2) is 25.6 Å². The number of carbonyl (C=O) groups excluding carboxylic acids is 1. The number of ketones is 1. The quantitative estimate of drug-likeness (QED) is 0.772. The summed E-state index contributed by atoms with van der Waals surface area (Å²) in [5.41, 5.74) is 4.27. The maximum Gasteiger partial charge on any atom is 0.179 e. The van der Waals surface area contributed by atoms with Crippen LogP contribution >= 0.6 is 11.6 Å². The van der Waals surface area contributed by atoms with Crippen molar-refractivity contribution in [3.05, 3.63) is 46.5 Å². The van der Waals surface area contributed by atoms with Crippen LogP contribution in [0.25, 0.3) is 0 Å². The predicted octanol–water partition coefficient (Wildman–Crippen LogP) is 3.95. The lowest BCUT2D eigenvalue weighted by molar-refractivity contribution is -0.110. The van der Waals surface area contributed by atoms with Gasteiger partial charge in [-0.05, 0) is 55.3 Å². The van der Waals surface area contributed by atoms with Gasteiger partial charge in [-0.25, -0.2) is 4.99 Å². The number of hydrogen-bond acceptors (Lipinski definition) is 3. The number of halogens is 1. The third-order valence-electron chi connectivity index (χ3n) is 3.14. The summed E-state index contributed by atoms with van der Waals surface area (Å²) in [5, 5.41) is 0.598. The monoisotopic (exact) mass is 288 g/mol. The number of allylic oxidation sites excluding steroid dienone is 4. The fraction of sp³-hybridized carbons (Fsp3) is 0.250. The molecule has 0 amide bonds. The molecule has 1 aliphatic rings. The molecule has 0 radical (unpaired) electrons. The minimum Gasteiger partial charge on any atom is -0.378 e. The summed E-state index contributed by atoms with van der Waals surface area (Å²) in [7, 11) is 3.92. The molecule has 1 aromatic carbocycles. The van der Waals surface area contributed by atoms with E-state index in [0.717, 1.165) is 22.5 Å². The van der Waals surface area contributed by atoms with Crippen LogP contribution < -0.4 is 4.90 Å². The van der Waals surface area contributed by atoms with Crippen molar-refractivity contribution in [2.24, 2.45) is 4.99 Å². The van der Waals surface area contributed by atoms with Crippen LogP contribution in [0.2, 0.25) is 5.02 Å². The highest BCUT2D eigenvalue weighted by Gasteiger charge is 2.14. The SMILES string of the molecule is CC1=CC(=O)C=C(C)C1=Nc1ccc(N(C)C)cc1Cl. The molecule has 4 heteroatoms. The molecule has 0 saturated heterocycles. The van der Waals surface area contributed by atoms with Gasteiger partial charge in [0.2, 0.25) is 0 Å². The van der Waals surface area contributed by atoms with E-state index in [4.69, 9.17) is 11.6 Å². The van der Waals surface area contributed by atoms with Gasteiger partial charge in [0.15, 0.2) is 5.78 Å². The summed E-state index contributed by atoms with van der Waals surface area (Å²) in [6, 6.07) is 5.74. The van der Waals surface area contributed by atoms with E-state index in [9.17, 15) is 4.79 Å². The molecule has 0 saturated carbocycles. The summed E-state index contributed by atoms with van der Waals surface area (Å²) in [4.78, 5) is 18.0. The van der Waals surface area contributed by atoms with Crippen LogP contribution in [0, 0.1) is 0 Å². The van der Waals surface area contributed by atoms with E-state index in [0.29, 0.717) is 10.7 Å². The number of carbonyl (C=O) groups is 1. The second-order valence-electron chi connectivity index (χ2n) is 5.05. The largest absolute Gasteiger partial charge is 0.378 e. The highest BCUT2D eigenvalue weighted by molar-refractivity contribution is 6.33. The summed E-state index contributed by atoms with van der Waals surface area (Å²) >= 11 is 6.28. The smallest absolute Gasteiger partial charge is 0.179 e. The average Bonchev–Trinajstić information content (AvgIpc) is 2.34. The van der Waals surface area contributed by atoms with Crippen molar-refractivity contribution in [3.63, 3.8) is 0 Å². The van der Waals surface area contributed by atoms with Gasteiger partial charge >= 0.3 is 0 Å². The van der Waals surface area contributed by atoms with E-state index in [2.05, 4.69) is 4.99 Å². The normalized spacial score (nSPS) is 14.8. The highest BCUT2D eigenvalue weighted by atomic mass is 35.5. The first-order chi connectivity index (χ1) is 9.38. The van der Waals surface area contributed by atoms with Gasteiger partial charge in [0.05, 0.1) is 16.4 Å². The molecular weight excluding hydrogens is 272 g/mol.